The van der Waals surface area contributed by atoms with Crippen molar-refractivity contribution in [1.29, 1.82) is 0 Å². The van der Waals surface area contributed by atoms with Crippen LogP contribution in [-0.4, -0.2) is 12.4 Å². The fraction of sp³-hybridized carbons (Fsp3) is 0.154. The number of carbonyl (C=O) groups is 1. The molecule has 0 N–H and O–H groups in total. The Labute approximate surface area is 112 Å². The van der Waals surface area contributed by atoms with E-state index in [0.717, 1.165) is 14.4 Å². The molecule has 0 fully saturated rings. The van der Waals surface area contributed by atoms with Gasteiger partial charge in [0.25, 0.3) is 0 Å². The molecule has 88 valence electrons. The second-order valence-electron chi connectivity index (χ2n) is 3.39. The van der Waals surface area contributed by atoms with Gasteiger partial charge in [-0.3, -0.25) is 4.79 Å². The summed E-state index contributed by atoms with van der Waals surface area (Å²) in [5.74, 6) is 0.833. The van der Waals surface area contributed by atoms with E-state index in [1.807, 2.05) is 31.2 Å². The van der Waals surface area contributed by atoms with Gasteiger partial charge in [0.15, 0.2) is 0 Å². The maximum atomic E-state index is 12.1. The Kier molecular flexibility index (Phi) is 3.97. The Balaban J connectivity index is 2.20. The van der Waals surface area contributed by atoms with Crippen LogP contribution in [0.3, 0.4) is 0 Å². The lowest BCUT2D eigenvalue weighted by Crippen LogP contribution is -1.98. The van der Waals surface area contributed by atoms with E-state index >= 15 is 0 Å². The molecule has 2 nitrogen and oxygen atoms in total. The smallest absolute Gasteiger partial charge is 0.202 e. The number of halogens is 1. The van der Waals surface area contributed by atoms with E-state index in [1.165, 1.54) is 11.3 Å². The van der Waals surface area contributed by atoms with Gasteiger partial charge < -0.3 is 4.74 Å². The van der Waals surface area contributed by atoms with Crippen molar-refractivity contribution >= 4 is 33.0 Å². The highest BCUT2D eigenvalue weighted by Gasteiger charge is 2.11. The lowest BCUT2D eigenvalue weighted by atomic mass is 10.1. The average Bonchev–Trinajstić information content (AvgIpc) is 2.76. The van der Waals surface area contributed by atoms with Gasteiger partial charge in [-0.2, -0.15) is 0 Å². The zero-order valence-electron chi connectivity index (χ0n) is 9.27. The first-order valence-corrected chi connectivity index (χ1v) is 6.84. The number of ether oxygens (including phenoxy) is 1. The van der Waals surface area contributed by atoms with E-state index in [9.17, 15) is 4.79 Å². The molecule has 0 spiro atoms. The van der Waals surface area contributed by atoms with Crippen molar-refractivity contribution in [3.05, 3.63) is 50.6 Å². The molecule has 0 aliphatic rings. The topological polar surface area (TPSA) is 26.3 Å². The number of rotatable bonds is 4. The van der Waals surface area contributed by atoms with Gasteiger partial charge in [0.2, 0.25) is 5.78 Å². The van der Waals surface area contributed by atoms with E-state index in [2.05, 4.69) is 15.9 Å². The fourth-order valence-electron chi connectivity index (χ4n) is 1.45. The third-order valence-electron chi connectivity index (χ3n) is 2.22. The first kappa shape index (κ1) is 12.3. The van der Waals surface area contributed by atoms with Gasteiger partial charge in [0, 0.05) is 5.56 Å². The van der Waals surface area contributed by atoms with Crippen LogP contribution < -0.4 is 4.74 Å². The van der Waals surface area contributed by atoms with E-state index < -0.39 is 0 Å². The van der Waals surface area contributed by atoms with Gasteiger partial charge in [-0.25, -0.2) is 0 Å². The van der Waals surface area contributed by atoms with Gasteiger partial charge >= 0.3 is 0 Å². The van der Waals surface area contributed by atoms with Crippen LogP contribution in [0.5, 0.6) is 5.75 Å². The summed E-state index contributed by atoms with van der Waals surface area (Å²) in [4.78, 5) is 12.8. The number of ketones is 1. The Morgan fingerprint density at radius 2 is 1.94 bits per heavy atom. The van der Waals surface area contributed by atoms with Crippen LogP contribution >= 0.6 is 27.3 Å². The number of hydrogen-bond acceptors (Lipinski definition) is 3. The molecule has 0 amide bonds. The summed E-state index contributed by atoms with van der Waals surface area (Å²) in [5, 5.41) is 0. The molecule has 4 heteroatoms. The van der Waals surface area contributed by atoms with Gasteiger partial charge in [-0.1, -0.05) is 0 Å². The third-order valence-corrected chi connectivity index (χ3v) is 3.85. The SMILES string of the molecule is CCOc1ccc(C(=O)c2ccc(Br)s2)cc1. The van der Waals surface area contributed by atoms with E-state index in [1.54, 1.807) is 12.1 Å². The lowest BCUT2D eigenvalue weighted by molar-refractivity contribution is 0.104. The molecule has 2 rings (SSSR count). The number of benzene rings is 1. The van der Waals surface area contributed by atoms with Crippen molar-refractivity contribution in [2.24, 2.45) is 0 Å². The molecule has 0 atom stereocenters. The van der Waals surface area contributed by atoms with Gasteiger partial charge in [0.05, 0.1) is 15.3 Å². The summed E-state index contributed by atoms with van der Waals surface area (Å²) in [5.41, 5.74) is 0.683. The molecule has 0 aliphatic heterocycles. The maximum Gasteiger partial charge on any atom is 0.202 e. The molecule has 0 saturated carbocycles. The second kappa shape index (κ2) is 5.47. The van der Waals surface area contributed by atoms with Crippen molar-refractivity contribution in [3.8, 4) is 5.75 Å². The molecule has 1 aromatic carbocycles. The van der Waals surface area contributed by atoms with Crippen molar-refractivity contribution in [1.82, 2.24) is 0 Å². The first-order chi connectivity index (χ1) is 8.20. The van der Waals surface area contributed by atoms with Crippen LogP contribution in [0.1, 0.15) is 22.2 Å². The summed E-state index contributed by atoms with van der Waals surface area (Å²) < 4.78 is 6.30. The minimum absolute atomic E-state index is 0.0451. The molecule has 1 heterocycles. The van der Waals surface area contributed by atoms with Gasteiger partial charge in [-0.05, 0) is 59.3 Å². The highest BCUT2D eigenvalue weighted by molar-refractivity contribution is 9.11. The monoisotopic (exact) mass is 310 g/mol. The zero-order valence-corrected chi connectivity index (χ0v) is 11.7. The fourth-order valence-corrected chi connectivity index (χ4v) is 2.80. The molecule has 0 aliphatic carbocycles. The van der Waals surface area contributed by atoms with Crippen molar-refractivity contribution in [2.45, 2.75) is 6.92 Å². The van der Waals surface area contributed by atoms with E-state index in [4.69, 9.17) is 4.74 Å². The second-order valence-corrected chi connectivity index (χ2v) is 5.85. The van der Waals surface area contributed by atoms with Crippen LogP contribution in [-0.2, 0) is 0 Å². The highest BCUT2D eigenvalue weighted by Crippen LogP contribution is 2.25. The average molecular weight is 311 g/mol. The van der Waals surface area contributed by atoms with Gasteiger partial charge in [-0.15, -0.1) is 11.3 Å². The number of hydrogen-bond donors (Lipinski definition) is 0. The Morgan fingerprint density at radius 3 is 2.47 bits per heavy atom. The normalized spacial score (nSPS) is 10.2. The summed E-state index contributed by atoms with van der Waals surface area (Å²) in [6, 6.07) is 10.9. The lowest BCUT2D eigenvalue weighted by Gasteiger charge is -2.03. The molecule has 0 bridgehead atoms. The highest BCUT2D eigenvalue weighted by atomic mass is 79.9. The minimum Gasteiger partial charge on any atom is -0.494 e. The maximum absolute atomic E-state index is 12.1. The third kappa shape index (κ3) is 2.96. The summed E-state index contributed by atoms with van der Waals surface area (Å²) in [7, 11) is 0. The molecule has 0 radical (unpaired) electrons. The Bertz CT molecular complexity index is 516. The molecular weight excluding hydrogens is 300 g/mol. The number of thiophene rings is 1. The minimum atomic E-state index is 0.0451. The molecule has 2 aromatic rings. The van der Waals surface area contributed by atoms with Crippen LogP contribution in [0.25, 0.3) is 0 Å². The number of carbonyl (C=O) groups excluding carboxylic acids is 1. The predicted octanol–water partition coefficient (Wildman–Crippen LogP) is 4.14. The largest absolute Gasteiger partial charge is 0.494 e. The van der Waals surface area contributed by atoms with E-state index in [-0.39, 0.29) is 5.78 Å². The molecule has 0 saturated heterocycles. The Morgan fingerprint density at radius 1 is 1.24 bits per heavy atom. The quantitative estimate of drug-likeness (QED) is 0.793. The van der Waals surface area contributed by atoms with Crippen LogP contribution in [0.4, 0.5) is 0 Å². The van der Waals surface area contributed by atoms with Crippen LogP contribution in [0, 0.1) is 0 Å². The Hall–Kier alpha value is -1.13. The van der Waals surface area contributed by atoms with Crippen molar-refractivity contribution in [2.75, 3.05) is 6.61 Å². The standard InChI is InChI=1S/C13H11BrO2S/c1-2-16-10-5-3-9(4-6-10)13(15)11-7-8-12(14)17-11/h3-8H,2H2,1H3. The van der Waals surface area contributed by atoms with Gasteiger partial charge in [0.1, 0.15) is 5.75 Å². The van der Waals surface area contributed by atoms with Crippen LogP contribution in [0.15, 0.2) is 40.2 Å². The molecule has 1 aromatic heterocycles. The van der Waals surface area contributed by atoms with Crippen molar-refractivity contribution < 1.29 is 9.53 Å². The molecular formula is C13H11BrO2S. The molecule has 0 unspecified atom stereocenters. The summed E-state index contributed by atoms with van der Waals surface area (Å²) in [6.45, 7) is 2.56. The summed E-state index contributed by atoms with van der Waals surface area (Å²) >= 11 is 4.79. The van der Waals surface area contributed by atoms with Crippen molar-refractivity contribution in [3.63, 3.8) is 0 Å². The summed E-state index contributed by atoms with van der Waals surface area (Å²) in [6.07, 6.45) is 0. The van der Waals surface area contributed by atoms with E-state index in [0.29, 0.717) is 12.2 Å². The first-order valence-electron chi connectivity index (χ1n) is 5.23. The predicted molar refractivity (Wildman–Crippen MR) is 73.1 cm³/mol. The zero-order chi connectivity index (χ0) is 12.3. The molecule has 17 heavy (non-hydrogen) atoms. The van der Waals surface area contributed by atoms with Crippen LogP contribution in [0.2, 0.25) is 0 Å².